The van der Waals surface area contributed by atoms with Gasteiger partial charge in [-0.1, -0.05) is 0 Å². The van der Waals surface area contributed by atoms with E-state index in [-0.39, 0.29) is 30.2 Å². The molecule has 0 aliphatic heterocycles. The fourth-order valence-electron chi connectivity index (χ4n) is 1.40. The summed E-state index contributed by atoms with van der Waals surface area (Å²) in [6, 6.07) is 6.51. The minimum atomic E-state index is -0.349. The van der Waals surface area contributed by atoms with Crippen molar-refractivity contribution in [2.75, 3.05) is 7.11 Å². The minimum Gasteiger partial charge on any atom is -0.497 e. The van der Waals surface area contributed by atoms with Crippen LogP contribution in [-0.4, -0.2) is 24.5 Å². The van der Waals surface area contributed by atoms with Crippen LogP contribution in [0.4, 0.5) is 0 Å². The van der Waals surface area contributed by atoms with E-state index in [0.717, 1.165) is 0 Å². The predicted octanol–water partition coefficient (Wildman–Crippen LogP) is 1.82. The number of ketones is 3. The van der Waals surface area contributed by atoms with Gasteiger partial charge in [0.25, 0.3) is 0 Å². The van der Waals surface area contributed by atoms with E-state index >= 15 is 0 Å². The van der Waals surface area contributed by atoms with Crippen LogP contribution in [0.2, 0.25) is 0 Å². The van der Waals surface area contributed by atoms with Gasteiger partial charge in [0.15, 0.2) is 5.78 Å². The third kappa shape index (κ3) is 4.18. The molecule has 1 aromatic rings. The van der Waals surface area contributed by atoms with Gasteiger partial charge in [0.2, 0.25) is 0 Å². The average Bonchev–Trinajstić information content (AvgIpc) is 2.28. The molecule has 4 nitrogen and oxygen atoms in total. The van der Waals surface area contributed by atoms with Crippen molar-refractivity contribution in [2.45, 2.75) is 19.8 Å². The number of rotatable bonds is 6. The summed E-state index contributed by atoms with van der Waals surface area (Å²) in [7, 11) is 1.53. The molecule has 0 aromatic heterocycles. The van der Waals surface area contributed by atoms with E-state index in [1.54, 1.807) is 24.3 Å². The van der Waals surface area contributed by atoms with Crippen molar-refractivity contribution in [3.63, 3.8) is 0 Å². The maximum Gasteiger partial charge on any atom is 0.170 e. The summed E-state index contributed by atoms with van der Waals surface area (Å²) in [6.07, 6.45) is -0.409. The zero-order chi connectivity index (χ0) is 12.8. The summed E-state index contributed by atoms with van der Waals surface area (Å²) in [5.74, 6) is -0.202. The molecule has 0 saturated carbocycles. The maximum absolute atomic E-state index is 11.7. The second-order valence-corrected chi connectivity index (χ2v) is 3.75. The molecule has 17 heavy (non-hydrogen) atoms. The molecular weight excluding hydrogens is 220 g/mol. The Hall–Kier alpha value is -1.97. The summed E-state index contributed by atoms with van der Waals surface area (Å²) in [4.78, 5) is 33.7. The summed E-state index contributed by atoms with van der Waals surface area (Å²) in [5.41, 5.74) is 0.447. The highest BCUT2D eigenvalue weighted by Crippen LogP contribution is 2.13. The average molecular weight is 234 g/mol. The first-order valence-corrected chi connectivity index (χ1v) is 5.21. The van der Waals surface area contributed by atoms with Gasteiger partial charge in [0, 0.05) is 5.56 Å². The van der Waals surface area contributed by atoms with Gasteiger partial charge in [-0.2, -0.15) is 0 Å². The highest BCUT2D eigenvalue weighted by molar-refractivity contribution is 6.12. The molecule has 0 N–H and O–H groups in total. The van der Waals surface area contributed by atoms with Gasteiger partial charge in [-0.3, -0.25) is 14.4 Å². The van der Waals surface area contributed by atoms with Crippen LogP contribution in [-0.2, 0) is 9.59 Å². The van der Waals surface area contributed by atoms with Crippen LogP contribution in [0.25, 0.3) is 0 Å². The molecule has 0 aliphatic carbocycles. The molecule has 0 aliphatic rings. The van der Waals surface area contributed by atoms with Crippen LogP contribution >= 0.6 is 0 Å². The Balaban J connectivity index is 2.63. The smallest absolute Gasteiger partial charge is 0.170 e. The largest absolute Gasteiger partial charge is 0.497 e. The van der Waals surface area contributed by atoms with Gasteiger partial charge in [0.05, 0.1) is 20.0 Å². The highest BCUT2D eigenvalue weighted by atomic mass is 16.5. The summed E-state index contributed by atoms with van der Waals surface area (Å²) in [5, 5.41) is 0. The van der Waals surface area contributed by atoms with Crippen molar-refractivity contribution < 1.29 is 19.1 Å². The number of carbonyl (C=O) groups is 3. The fourth-order valence-corrected chi connectivity index (χ4v) is 1.40. The molecule has 0 amide bonds. The number of benzene rings is 1. The molecule has 1 rings (SSSR count). The van der Waals surface area contributed by atoms with Crippen LogP contribution in [0.5, 0.6) is 5.75 Å². The highest BCUT2D eigenvalue weighted by Gasteiger charge is 2.13. The third-order valence-electron chi connectivity index (χ3n) is 2.22. The normalized spacial score (nSPS) is 9.76. The first kappa shape index (κ1) is 13.1. The van der Waals surface area contributed by atoms with Crippen molar-refractivity contribution in [1.29, 1.82) is 0 Å². The van der Waals surface area contributed by atoms with Crippen LogP contribution in [0, 0.1) is 0 Å². The zero-order valence-corrected chi connectivity index (χ0v) is 9.86. The van der Waals surface area contributed by atoms with E-state index in [4.69, 9.17) is 4.74 Å². The molecule has 0 atom stereocenters. The van der Waals surface area contributed by atoms with Crippen LogP contribution in [0.3, 0.4) is 0 Å². The quantitative estimate of drug-likeness (QED) is 0.556. The number of Topliss-reactive ketones (excluding diaryl/α,β-unsaturated/α-hetero) is 3. The van der Waals surface area contributed by atoms with Crippen molar-refractivity contribution in [3.05, 3.63) is 29.8 Å². The molecule has 0 saturated heterocycles. The number of carbonyl (C=O) groups excluding carboxylic acids is 3. The van der Waals surface area contributed by atoms with Crippen molar-refractivity contribution >= 4 is 17.3 Å². The molecule has 0 unspecified atom stereocenters. The second kappa shape index (κ2) is 5.94. The lowest BCUT2D eigenvalue weighted by Gasteiger charge is -2.02. The molecule has 0 heterocycles. The lowest BCUT2D eigenvalue weighted by atomic mass is 10.0. The van der Waals surface area contributed by atoms with Gasteiger partial charge >= 0.3 is 0 Å². The Labute approximate surface area is 99.6 Å². The van der Waals surface area contributed by atoms with Crippen molar-refractivity contribution in [1.82, 2.24) is 0 Å². The number of hydrogen-bond donors (Lipinski definition) is 0. The molecule has 0 radical (unpaired) electrons. The van der Waals surface area contributed by atoms with Gasteiger partial charge in [-0.25, -0.2) is 0 Å². The van der Waals surface area contributed by atoms with Crippen LogP contribution in [0.15, 0.2) is 24.3 Å². The lowest BCUT2D eigenvalue weighted by Crippen LogP contribution is -2.11. The standard InChI is InChI=1S/C13H14O4/c1-9(14)7-11(15)8-13(16)10-3-5-12(17-2)6-4-10/h3-6H,7-8H2,1-2H3. The fraction of sp³-hybridized carbons (Fsp3) is 0.308. The third-order valence-corrected chi connectivity index (χ3v) is 2.22. The summed E-state index contributed by atoms with van der Waals surface area (Å²) in [6.45, 7) is 1.33. The van der Waals surface area contributed by atoms with Gasteiger partial charge < -0.3 is 4.74 Å². The van der Waals surface area contributed by atoms with Crippen LogP contribution in [0.1, 0.15) is 30.1 Å². The van der Waals surface area contributed by atoms with Crippen molar-refractivity contribution in [3.8, 4) is 5.75 Å². The zero-order valence-electron chi connectivity index (χ0n) is 9.86. The molecule has 4 heteroatoms. The van der Waals surface area contributed by atoms with Gasteiger partial charge in [-0.05, 0) is 31.2 Å². The molecule has 0 fully saturated rings. The van der Waals surface area contributed by atoms with E-state index < -0.39 is 0 Å². The van der Waals surface area contributed by atoms with Gasteiger partial charge in [-0.15, -0.1) is 0 Å². The van der Waals surface area contributed by atoms with Crippen molar-refractivity contribution in [2.24, 2.45) is 0 Å². The summed E-state index contributed by atoms with van der Waals surface area (Å²) < 4.78 is 4.96. The first-order chi connectivity index (χ1) is 8.02. The Morgan fingerprint density at radius 3 is 2.12 bits per heavy atom. The Kier molecular flexibility index (Phi) is 4.57. The molecular formula is C13H14O4. The monoisotopic (exact) mass is 234 g/mol. The maximum atomic E-state index is 11.7. The van der Waals surface area contributed by atoms with E-state index in [9.17, 15) is 14.4 Å². The number of methoxy groups -OCH3 is 1. The number of ether oxygens (including phenoxy) is 1. The summed E-state index contributed by atoms with van der Waals surface area (Å²) >= 11 is 0. The molecule has 90 valence electrons. The first-order valence-electron chi connectivity index (χ1n) is 5.21. The minimum absolute atomic E-state index is 0.179. The molecule has 1 aromatic carbocycles. The van der Waals surface area contributed by atoms with E-state index in [2.05, 4.69) is 0 Å². The lowest BCUT2D eigenvalue weighted by molar-refractivity contribution is -0.125. The number of hydrogen-bond acceptors (Lipinski definition) is 4. The van der Waals surface area contributed by atoms with Gasteiger partial charge in [0.1, 0.15) is 17.3 Å². The van der Waals surface area contributed by atoms with E-state index in [0.29, 0.717) is 11.3 Å². The Morgan fingerprint density at radius 2 is 1.65 bits per heavy atom. The van der Waals surface area contributed by atoms with E-state index in [1.165, 1.54) is 14.0 Å². The predicted molar refractivity (Wildman–Crippen MR) is 62.2 cm³/mol. The topological polar surface area (TPSA) is 60.4 Å². The molecule has 0 spiro atoms. The van der Waals surface area contributed by atoms with Crippen LogP contribution < -0.4 is 4.74 Å². The second-order valence-electron chi connectivity index (χ2n) is 3.75. The molecule has 0 bridgehead atoms. The Morgan fingerprint density at radius 1 is 1.06 bits per heavy atom. The Bertz CT molecular complexity index is 431. The SMILES string of the molecule is COc1ccc(C(=O)CC(=O)CC(C)=O)cc1. The van der Waals surface area contributed by atoms with E-state index in [1.807, 2.05) is 0 Å².